The van der Waals surface area contributed by atoms with Crippen molar-refractivity contribution < 1.29 is 9.18 Å². The van der Waals surface area contributed by atoms with Crippen LogP contribution in [0.1, 0.15) is 21.7 Å². The van der Waals surface area contributed by atoms with E-state index < -0.39 is 5.82 Å². The maximum atomic E-state index is 13.5. The fourth-order valence-electron chi connectivity index (χ4n) is 3.27. The number of para-hydroxylation sites is 1. The number of tetrazole rings is 1. The second kappa shape index (κ2) is 8.41. The molecule has 2 aromatic carbocycles. The van der Waals surface area contributed by atoms with E-state index in [0.29, 0.717) is 16.4 Å². The Bertz CT molecular complexity index is 1220. The SMILES string of the molecule is Cc1cc(C(=O)CSc2nnnn2-c2ccccc2)c(C)n1-c1ccc(F)c(Cl)c1. The van der Waals surface area contributed by atoms with E-state index in [2.05, 4.69) is 15.5 Å². The van der Waals surface area contributed by atoms with Crippen molar-refractivity contribution in [1.29, 1.82) is 0 Å². The van der Waals surface area contributed by atoms with Crippen LogP contribution in [0.2, 0.25) is 5.02 Å². The van der Waals surface area contributed by atoms with Gasteiger partial charge in [-0.2, -0.15) is 4.68 Å². The molecule has 0 saturated carbocycles. The van der Waals surface area contributed by atoms with E-state index in [-0.39, 0.29) is 16.6 Å². The molecule has 2 aromatic heterocycles. The van der Waals surface area contributed by atoms with Crippen LogP contribution in [0.4, 0.5) is 4.39 Å². The summed E-state index contributed by atoms with van der Waals surface area (Å²) in [4.78, 5) is 12.9. The minimum Gasteiger partial charge on any atom is -0.318 e. The first kappa shape index (κ1) is 20.3. The highest BCUT2D eigenvalue weighted by molar-refractivity contribution is 7.99. The summed E-state index contributed by atoms with van der Waals surface area (Å²) < 4.78 is 17.0. The number of ketones is 1. The Balaban J connectivity index is 1.56. The molecule has 152 valence electrons. The van der Waals surface area contributed by atoms with Crippen molar-refractivity contribution >= 4 is 29.1 Å². The predicted octanol–water partition coefficient (Wildman–Crippen LogP) is 4.84. The van der Waals surface area contributed by atoms with Gasteiger partial charge in [0.25, 0.3) is 0 Å². The Kier molecular flexibility index (Phi) is 5.69. The van der Waals surface area contributed by atoms with Crippen LogP contribution < -0.4 is 0 Å². The van der Waals surface area contributed by atoms with Crippen LogP contribution in [0.5, 0.6) is 0 Å². The quantitative estimate of drug-likeness (QED) is 0.316. The number of nitrogens with zero attached hydrogens (tertiary/aromatic N) is 5. The lowest BCUT2D eigenvalue weighted by atomic mass is 10.2. The molecule has 0 aliphatic heterocycles. The average molecular weight is 442 g/mol. The maximum absolute atomic E-state index is 13.5. The van der Waals surface area contributed by atoms with Crippen molar-refractivity contribution in [2.45, 2.75) is 19.0 Å². The summed E-state index contributed by atoms with van der Waals surface area (Å²) in [7, 11) is 0. The minimum atomic E-state index is -0.480. The summed E-state index contributed by atoms with van der Waals surface area (Å²) in [5, 5.41) is 12.3. The van der Waals surface area contributed by atoms with Crippen LogP contribution in [0.3, 0.4) is 0 Å². The molecule has 4 aromatic rings. The molecule has 0 N–H and O–H groups in total. The topological polar surface area (TPSA) is 65.6 Å². The Labute approximate surface area is 181 Å². The number of halogens is 2. The largest absolute Gasteiger partial charge is 0.318 e. The van der Waals surface area contributed by atoms with E-state index in [9.17, 15) is 9.18 Å². The van der Waals surface area contributed by atoms with Gasteiger partial charge in [0.15, 0.2) is 5.78 Å². The summed E-state index contributed by atoms with van der Waals surface area (Å²) in [5.41, 5.74) is 3.75. The van der Waals surface area contributed by atoms with Crippen LogP contribution in [0.25, 0.3) is 11.4 Å². The number of rotatable bonds is 6. The van der Waals surface area contributed by atoms with E-state index in [1.54, 1.807) is 16.8 Å². The first-order chi connectivity index (χ1) is 14.5. The highest BCUT2D eigenvalue weighted by atomic mass is 35.5. The van der Waals surface area contributed by atoms with Gasteiger partial charge in [0, 0.05) is 22.6 Å². The third-order valence-electron chi connectivity index (χ3n) is 4.67. The van der Waals surface area contributed by atoms with Crippen LogP contribution in [0, 0.1) is 19.7 Å². The summed E-state index contributed by atoms with van der Waals surface area (Å²) in [6.45, 7) is 3.75. The second-order valence-corrected chi connectivity index (χ2v) is 7.99. The molecule has 0 saturated heterocycles. The molecule has 9 heteroatoms. The molecule has 0 spiro atoms. The number of hydrogen-bond acceptors (Lipinski definition) is 5. The summed E-state index contributed by atoms with van der Waals surface area (Å²) in [6, 6.07) is 15.8. The second-order valence-electron chi connectivity index (χ2n) is 6.64. The Hall–Kier alpha value is -2.97. The van der Waals surface area contributed by atoms with Crippen molar-refractivity contribution in [3.05, 3.63) is 82.4 Å². The fourth-order valence-corrected chi connectivity index (χ4v) is 4.22. The first-order valence-electron chi connectivity index (χ1n) is 9.10. The van der Waals surface area contributed by atoms with Gasteiger partial charge in [-0.25, -0.2) is 4.39 Å². The lowest BCUT2D eigenvalue weighted by Crippen LogP contribution is -2.07. The predicted molar refractivity (Wildman–Crippen MR) is 114 cm³/mol. The molecule has 0 bridgehead atoms. The number of Topliss-reactive ketones (excluding diaryl/α,β-unsaturated/α-hetero) is 1. The van der Waals surface area contributed by atoms with Crippen molar-refractivity contribution in [3.63, 3.8) is 0 Å². The molecular formula is C21H17ClFN5OS. The smallest absolute Gasteiger partial charge is 0.214 e. The molecule has 2 heterocycles. The third-order valence-corrected chi connectivity index (χ3v) is 5.88. The zero-order valence-corrected chi connectivity index (χ0v) is 17.8. The maximum Gasteiger partial charge on any atom is 0.214 e. The minimum absolute atomic E-state index is 0.0381. The number of carbonyl (C=O) groups excluding carboxylic acids is 1. The van der Waals surface area contributed by atoms with E-state index in [1.165, 1.54) is 17.8 Å². The molecule has 0 aliphatic carbocycles. The number of aryl methyl sites for hydroxylation is 1. The lowest BCUT2D eigenvalue weighted by Gasteiger charge is -2.10. The van der Waals surface area contributed by atoms with Gasteiger partial charge in [0.05, 0.1) is 16.5 Å². The lowest BCUT2D eigenvalue weighted by molar-refractivity contribution is 0.102. The number of hydrogen-bond donors (Lipinski definition) is 0. The summed E-state index contributed by atoms with van der Waals surface area (Å²) in [5.74, 6) is -0.344. The first-order valence-corrected chi connectivity index (χ1v) is 10.5. The normalized spacial score (nSPS) is 11.1. The Morgan fingerprint density at radius 1 is 1.10 bits per heavy atom. The van der Waals surface area contributed by atoms with Gasteiger partial charge in [-0.1, -0.05) is 41.6 Å². The van der Waals surface area contributed by atoms with Gasteiger partial charge in [-0.15, -0.1) is 5.10 Å². The highest BCUT2D eigenvalue weighted by Gasteiger charge is 2.19. The zero-order valence-electron chi connectivity index (χ0n) is 16.2. The summed E-state index contributed by atoms with van der Waals surface area (Å²) in [6.07, 6.45) is 0. The third kappa shape index (κ3) is 3.88. The number of carbonyl (C=O) groups is 1. The molecule has 6 nitrogen and oxygen atoms in total. The van der Waals surface area contributed by atoms with Crippen molar-refractivity contribution in [1.82, 2.24) is 24.8 Å². The Morgan fingerprint density at radius 3 is 2.60 bits per heavy atom. The van der Waals surface area contributed by atoms with Gasteiger partial charge in [-0.05, 0) is 60.7 Å². The standard InChI is InChI=1S/C21H17ClFN5OS/c1-13-10-17(14(2)27(13)16-8-9-19(23)18(22)11-16)20(29)12-30-21-24-25-26-28(21)15-6-4-3-5-7-15/h3-11H,12H2,1-2H3. The van der Waals surface area contributed by atoms with E-state index in [0.717, 1.165) is 17.1 Å². The molecule has 4 rings (SSSR count). The molecule has 0 aliphatic rings. The highest BCUT2D eigenvalue weighted by Crippen LogP contribution is 2.26. The summed E-state index contributed by atoms with van der Waals surface area (Å²) >= 11 is 7.20. The van der Waals surface area contributed by atoms with Gasteiger partial charge in [0.2, 0.25) is 5.16 Å². The molecule has 0 fully saturated rings. The number of benzene rings is 2. The number of aromatic nitrogens is 5. The van der Waals surface area contributed by atoms with Crippen LogP contribution in [-0.4, -0.2) is 36.3 Å². The molecule has 0 radical (unpaired) electrons. The Morgan fingerprint density at radius 2 is 1.87 bits per heavy atom. The van der Waals surface area contributed by atoms with E-state index in [1.807, 2.05) is 54.8 Å². The van der Waals surface area contributed by atoms with Crippen LogP contribution in [-0.2, 0) is 0 Å². The molecule has 0 atom stereocenters. The fraction of sp³-hybridized carbons (Fsp3) is 0.143. The molecular weight excluding hydrogens is 425 g/mol. The van der Waals surface area contributed by atoms with Gasteiger partial charge >= 0.3 is 0 Å². The van der Waals surface area contributed by atoms with Gasteiger partial charge < -0.3 is 4.57 Å². The van der Waals surface area contributed by atoms with E-state index >= 15 is 0 Å². The zero-order chi connectivity index (χ0) is 21.3. The molecule has 0 amide bonds. The van der Waals surface area contributed by atoms with Crippen molar-refractivity contribution in [3.8, 4) is 11.4 Å². The monoisotopic (exact) mass is 441 g/mol. The van der Waals surface area contributed by atoms with Crippen LogP contribution in [0.15, 0.2) is 59.8 Å². The molecule has 0 unspecified atom stereocenters. The number of thioether (sulfide) groups is 1. The van der Waals surface area contributed by atoms with Crippen molar-refractivity contribution in [2.24, 2.45) is 0 Å². The van der Waals surface area contributed by atoms with Gasteiger partial charge in [-0.3, -0.25) is 4.79 Å². The van der Waals surface area contributed by atoms with Crippen LogP contribution >= 0.6 is 23.4 Å². The average Bonchev–Trinajstić information content (AvgIpc) is 3.33. The van der Waals surface area contributed by atoms with Gasteiger partial charge in [0.1, 0.15) is 5.82 Å². The van der Waals surface area contributed by atoms with E-state index in [4.69, 9.17) is 11.6 Å². The molecule has 30 heavy (non-hydrogen) atoms. The van der Waals surface area contributed by atoms with Crippen molar-refractivity contribution in [2.75, 3.05) is 5.75 Å².